The molecular weight excluding hydrogens is 459 g/mol. The third kappa shape index (κ3) is 4.81. The summed E-state index contributed by atoms with van der Waals surface area (Å²) in [5, 5.41) is 3.44. The zero-order valence-electron chi connectivity index (χ0n) is 15.5. The van der Waals surface area contributed by atoms with Crippen LogP contribution in [0, 0.1) is 5.92 Å². The van der Waals surface area contributed by atoms with Gasteiger partial charge >= 0.3 is 0 Å². The number of piperidine rings is 1. The second kappa shape index (κ2) is 9.10. The van der Waals surface area contributed by atoms with Crippen LogP contribution in [0.15, 0.2) is 41.3 Å². The van der Waals surface area contributed by atoms with Crippen molar-refractivity contribution in [3.8, 4) is 5.75 Å². The molecule has 0 saturated carbocycles. The Hall–Kier alpha value is -1.51. The summed E-state index contributed by atoms with van der Waals surface area (Å²) in [7, 11) is -2.35. The highest BCUT2D eigenvalue weighted by atomic mass is 35.5. The van der Waals surface area contributed by atoms with Gasteiger partial charge in [-0.25, -0.2) is 8.42 Å². The second-order valence-corrected chi connectivity index (χ2v) is 9.69. The standard InChI is InChI=1S/C19H19Cl3N2O4S/c1-28-17-6-5-13(20)11-16(17)23-19(25)12-7-9-24(10-8-12)29(26,27)18-14(21)3-2-4-15(18)22/h2-6,11-12H,7-10H2,1H3,(H,23,25). The number of ether oxygens (including phenoxy) is 1. The molecule has 2 aromatic rings. The number of halogens is 3. The lowest BCUT2D eigenvalue weighted by Crippen LogP contribution is -2.41. The molecule has 1 amide bonds. The molecule has 29 heavy (non-hydrogen) atoms. The predicted molar refractivity (Wildman–Crippen MR) is 115 cm³/mol. The van der Waals surface area contributed by atoms with Gasteiger partial charge < -0.3 is 10.1 Å². The van der Waals surface area contributed by atoms with Crippen molar-refractivity contribution in [2.75, 3.05) is 25.5 Å². The molecule has 0 spiro atoms. The molecule has 0 aromatic heterocycles. The van der Waals surface area contributed by atoms with Crippen molar-refractivity contribution in [1.82, 2.24) is 4.31 Å². The van der Waals surface area contributed by atoms with Gasteiger partial charge in [0.15, 0.2) is 0 Å². The number of nitrogens with one attached hydrogen (secondary N) is 1. The quantitative estimate of drug-likeness (QED) is 0.677. The molecule has 0 unspecified atom stereocenters. The molecule has 1 fully saturated rings. The molecule has 0 radical (unpaired) electrons. The summed E-state index contributed by atoms with van der Waals surface area (Å²) in [5.41, 5.74) is 0.475. The first-order chi connectivity index (χ1) is 13.7. The van der Waals surface area contributed by atoms with Gasteiger partial charge in [0.05, 0.1) is 22.8 Å². The van der Waals surface area contributed by atoms with Gasteiger partial charge in [0.2, 0.25) is 15.9 Å². The Labute approximate surface area is 184 Å². The van der Waals surface area contributed by atoms with Crippen molar-refractivity contribution in [3.05, 3.63) is 51.5 Å². The van der Waals surface area contributed by atoms with Gasteiger partial charge in [0, 0.05) is 24.0 Å². The van der Waals surface area contributed by atoms with Crippen LogP contribution in [0.1, 0.15) is 12.8 Å². The second-order valence-electron chi connectivity index (χ2n) is 6.56. The number of benzene rings is 2. The summed E-state index contributed by atoms with van der Waals surface area (Å²) in [6.45, 7) is 0.378. The molecule has 1 N–H and O–H groups in total. The number of sulfonamides is 1. The molecule has 1 saturated heterocycles. The fourth-order valence-electron chi connectivity index (χ4n) is 3.23. The summed E-state index contributed by atoms with van der Waals surface area (Å²) >= 11 is 18.1. The smallest absolute Gasteiger partial charge is 0.246 e. The van der Waals surface area contributed by atoms with Gasteiger partial charge in [-0.2, -0.15) is 4.31 Å². The van der Waals surface area contributed by atoms with Crippen molar-refractivity contribution in [3.63, 3.8) is 0 Å². The highest BCUT2D eigenvalue weighted by Gasteiger charge is 2.34. The number of hydrogen-bond donors (Lipinski definition) is 1. The Morgan fingerprint density at radius 2 is 1.72 bits per heavy atom. The molecule has 10 heteroatoms. The summed E-state index contributed by atoms with van der Waals surface area (Å²) < 4.78 is 32.4. The van der Waals surface area contributed by atoms with Crippen molar-refractivity contribution >= 4 is 56.4 Å². The third-order valence-corrected chi connectivity index (χ3v) is 7.85. The number of carbonyl (C=O) groups excluding carboxylic acids is 1. The number of methoxy groups -OCH3 is 1. The Kier molecular flexibility index (Phi) is 6.96. The Bertz CT molecular complexity index is 1000. The molecule has 0 bridgehead atoms. The van der Waals surface area contributed by atoms with Crippen LogP contribution in [0.25, 0.3) is 0 Å². The van der Waals surface area contributed by atoms with Gasteiger partial charge in [-0.1, -0.05) is 40.9 Å². The molecule has 2 aromatic carbocycles. The molecule has 1 aliphatic heterocycles. The number of hydrogen-bond acceptors (Lipinski definition) is 4. The number of nitrogens with zero attached hydrogens (tertiary/aromatic N) is 1. The van der Waals surface area contributed by atoms with E-state index in [-0.39, 0.29) is 39.9 Å². The summed E-state index contributed by atoms with van der Waals surface area (Å²) in [4.78, 5) is 12.6. The van der Waals surface area contributed by atoms with Crippen LogP contribution in [0.3, 0.4) is 0 Å². The van der Waals surface area contributed by atoms with E-state index in [1.54, 1.807) is 24.3 Å². The Balaban J connectivity index is 1.69. The Morgan fingerprint density at radius 3 is 2.31 bits per heavy atom. The maximum Gasteiger partial charge on any atom is 0.246 e. The maximum atomic E-state index is 12.9. The lowest BCUT2D eigenvalue weighted by atomic mass is 9.97. The zero-order valence-corrected chi connectivity index (χ0v) is 18.6. The van der Waals surface area contributed by atoms with E-state index in [1.165, 1.54) is 23.5 Å². The van der Waals surface area contributed by atoms with Gasteiger partial charge in [0.1, 0.15) is 10.6 Å². The van der Waals surface area contributed by atoms with Gasteiger partial charge in [-0.05, 0) is 43.2 Å². The minimum Gasteiger partial charge on any atom is -0.495 e. The van der Waals surface area contributed by atoms with Crippen LogP contribution >= 0.6 is 34.8 Å². The van der Waals surface area contributed by atoms with E-state index in [4.69, 9.17) is 39.5 Å². The fraction of sp³-hybridized carbons (Fsp3) is 0.316. The van der Waals surface area contributed by atoms with Crippen LogP contribution in [0.4, 0.5) is 5.69 Å². The molecule has 156 valence electrons. The van der Waals surface area contributed by atoms with Crippen LogP contribution in [-0.4, -0.2) is 38.8 Å². The van der Waals surface area contributed by atoms with Gasteiger partial charge in [0.25, 0.3) is 0 Å². The number of anilines is 1. The topological polar surface area (TPSA) is 75.7 Å². The normalized spacial score (nSPS) is 15.9. The first-order valence-corrected chi connectivity index (χ1v) is 11.4. The predicted octanol–water partition coefficient (Wildman–Crippen LogP) is 4.69. The van der Waals surface area contributed by atoms with Crippen LogP contribution < -0.4 is 10.1 Å². The van der Waals surface area contributed by atoms with Crippen LogP contribution in [-0.2, 0) is 14.8 Å². The van der Waals surface area contributed by atoms with Crippen molar-refractivity contribution in [2.24, 2.45) is 5.92 Å². The maximum absolute atomic E-state index is 12.9. The van der Waals surface area contributed by atoms with E-state index in [0.29, 0.717) is 29.3 Å². The summed E-state index contributed by atoms with van der Waals surface area (Å²) in [5.74, 6) is -0.0543. The average molecular weight is 478 g/mol. The molecule has 0 aliphatic carbocycles. The van der Waals surface area contributed by atoms with Crippen molar-refractivity contribution in [2.45, 2.75) is 17.7 Å². The van der Waals surface area contributed by atoms with E-state index in [9.17, 15) is 13.2 Å². The number of carbonyl (C=O) groups is 1. The first-order valence-electron chi connectivity index (χ1n) is 8.82. The highest BCUT2D eigenvalue weighted by Crippen LogP contribution is 2.34. The van der Waals surface area contributed by atoms with Crippen LogP contribution in [0.2, 0.25) is 15.1 Å². The number of rotatable bonds is 5. The Morgan fingerprint density at radius 1 is 1.10 bits per heavy atom. The molecule has 1 heterocycles. The monoisotopic (exact) mass is 476 g/mol. The molecule has 1 aliphatic rings. The van der Waals surface area contributed by atoms with E-state index < -0.39 is 10.0 Å². The van der Waals surface area contributed by atoms with Crippen molar-refractivity contribution < 1.29 is 17.9 Å². The zero-order chi connectivity index (χ0) is 21.2. The van der Waals surface area contributed by atoms with E-state index in [1.807, 2.05) is 0 Å². The summed E-state index contributed by atoms with van der Waals surface area (Å²) in [6.07, 6.45) is 0.742. The fourth-order valence-corrected chi connectivity index (χ4v) is 5.96. The molecule has 3 rings (SSSR count). The molecule has 0 atom stereocenters. The third-order valence-electron chi connectivity index (χ3n) is 4.76. The largest absolute Gasteiger partial charge is 0.495 e. The highest BCUT2D eigenvalue weighted by molar-refractivity contribution is 7.89. The van der Waals surface area contributed by atoms with Gasteiger partial charge in [-0.15, -0.1) is 0 Å². The molecule has 6 nitrogen and oxygen atoms in total. The molecular formula is C19H19Cl3N2O4S. The van der Waals surface area contributed by atoms with E-state index in [2.05, 4.69) is 5.32 Å². The minimum atomic E-state index is -3.85. The van der Waals surface area contributed by atoms with Crippen molar-refractivity contribution in [1.29, 1.82) is 0 Å². The SMILES string of the molecule is COc1ccc(Cl)cc1NC(=O)C1CCN(S(=O)(=O)c2c(Cl)cccc2Cl)CC1. The van der Waals surface area contributed by atoms with E-state index >= 15 is 0 Å². The summed E-state index contributed by atoms with van der Waals surface area (Å²) in [6, 6.07) is 9.50. The minimum absolute atomic E-state index is 0.0745. The lowest BCUT2D eigenvalue weighted by molar-refractivity contribution is -0.120. The van der Waals surface area contributed by atoms with Gasteiger partial charge in [-0.3, -0.25) is 4.79 Å². The lowest BCUT2D eigenvalue weighted by Gasteiger charge is -2.31. The average Bonchev–Trinajstić information content (AvgIpc) is 2.68. The first kappa shape index (κ1) is 22.2. The number of amides is 1. The van der Waals surface area contributed by atoms with E-state index in [0.717, 1.165) is 0 Å². The van der Waals surface area contributed by atoms with Crippen LogP contribution in [0.5, 0.6) is 5.75 Å².